The highest BCUT2D eigenvalue weighted by Crippen LogP contribution is 2.22. The van der Waals surface area contributed by atoms with E-state index in [9.17, 15) is 8.42 Å². The summed E-state index contributed by atoms with van der Waals surface area (Å²) in [5.41, 5.74) is 0.687. The smallest absolute Gasteiger partial charge is 0.243 e. The molecule has 2 aromatic rings. The Morgan fingerprint density at radius 1 is 1.22 bits per heavy atom. The van der Waals surface area contributed by atoms with Gasteiger partial charge in [0.15, 0.2) is 0 Å². The molecule has 2 heterocycles. The van der Waals surface area contributed by atoms with E-state index >= 15 is 0 Å². The second-order valence-electron chi connectivity index (χ2n) is 5.78. The molecule has 27 heavy (non-hydrogen) atoms. The van der Waals surface area contributed by atoms with Crippen molar-refractivity contribution in [1.29, 1.82) is 0 Å². The van der Waals surface area contributed by atoms with Crippen LogP contribution in [0.5, 0.6) is 5.75 Å². The van der Waals surface area contributed by atoms with Crippen LogP contribution in [0.1, 0.15) is 0 Å². The first-order valence-electron chi connectivity index (χ1n) is 8.21. The Morgan fingerprint density at radius 2 is 1.93 bits per heavy atom. The van der Waals surface area contributed by atoms with Crippen LogP contribution in [0.4, 0.5) is 0 Å². The lowest BCUT2D eigenvalue weighted by atomic mass is 10.3. The van der Waals surface area contributed by atoms with Crippen LogP contribution in [-0.4, -0.2) is 69.5 Å². The van der Waals surface area contributed by atoms with Crippen LogP contribution >= 0.6 is 24.8 Å². The molecular formula is C16H25Cl2N5O3S. The SMILES string of the molecule is COc1ccccc1-n1cc(S(=O)(=O)NCCN2CCNCC2)cn1.Cl.Cl. The van der Waals surface area contributed by atoms with Crippen molar-refractivity contribution < 1.29 is 13.2 Å². The molecule has 3 rings (SSSR count). The van der Waals surface area contributed by atoms with Crippen molar-refractivity contribution in [1.82, 2.24) is 24.7 Å². The minimum Gasteiger partial charge on any atom is -0.494 e. The number of hydrogen-bond acceptors (Lipinski definition) is 6. The Balaban J connectivity index is 0.00000182. The van der Waals surface area contributed by atoms with Crippen LogP contribution in [0.25, 0.3) is 5.69 Å². The summed E-state index contributed by atoms with van der Waals surface area (Å²) in [6, 6.07) is 7.32. The first-order chi connectivity index (χ1) is 12.1. The molecule has 8 nitrogen and oxygen atoms in total. The summed E-state index contributed by atoms with van der Waals surface area (Å²) >= 11 is 0. The van der Waals surface area contributed by atoms with Gasteiger partial charge >= 0.3 is 0 Å². The first kappa shape index (κ1) is 23.7. The van der Waals surface area contributed by atoms with Crippen molar-refractivity contribution in [2.24, 2.45) is 0 Å². The summed E-state index contributed by atoms with van der Waals surface area (Å²) in [6.45, 7) is 4.83. The zero-order chi connectivity index (χ0) is 17.7. The Kier molecular flexibility index (Phi) is 9.51. The number of hydrogen-bond donors (Lipinski definition) is 2. The van der Waals surface area contributed by atoms with Gasteiger partial charge in [-0.3, -0.25) is 4.90 Å². The molecular weight excluding hydrogens is 413 g/mol. The average molecular weight is 438 g/mol. The summed E-state index contributed by atoms with van der Waals surface area (Å²) < 4.78 is 34.3. The summed E-state index contributed by atoms with van der Waals surface area (Å²) in [6.07, 6.45) is 2.84. The largest absolute Gasteiger partial charge is 0.494 e. The van der Waals surface area contributed by atoms with Gasteiger partial charge in [-0.2, -0.15) is 5.10 Å². The Bertz CT molecular complexity index is 810. The van der Waals surface area contributed by atoms with E-state index in [4.69, 9.17) is 4.74 Å². The van der Waals surface area contributed by atoms with Crippen LogP contribution in [0.3, 0.4) is 0 Å². The molecule has 0 aliphatic carbocycles. The number of nitrogens with zero attached hydrogens (tertiary/aromatic N) is 3. The molecule has 0 bridgehead atoms. The molecule has 2 N–H and O–H groups in total. The predicted octanol–water partition coefficient (Wildman–Crippen LogP) is 0.908. The zero-order valence-corrected chi connectivity index (χ0v) is 17.4. The normalized spacial score (nSPS) is 14.9. The molecule has 0 spiro atoms. The lowest BCUT2D eigenvalue weighted by molar-refractivity contribution is 0.245. The van der Waals surface area contributed by atoms with E-state index < -0.39 is 10.0 Å². The molecule has 0 atom stereocenters. The maximum Gasteiger partial charge on any atom is 0.243 e. The monoisotopic (exact) mass is 437 g/mol. The van der Waals surface area contributed by atoms with Gasteiger partial charge in [0.2, 0.25) is 10.0 Å². The number of sulfonamides is 1. The molecule has 1 saturated heterocycles. The highest BCUT2D eigenvalue weighted by Gasteiger charge is 2.18. The van der Waals surface area contributed by atoms with Crippen LogP contribution in [0, 0.1) is 0 Å². The first-order valence-corrected chi connectivity index (χ1v) is 9.69. The third kappa shape index (κ3) is 6.06. The van der Waals surface area contributed by atoms with E-state index in [2.05, 4.69) is 20.0 Å². The fraction of sp³-hybridized carbons (Fsp3) is 0.438. The molecule has 1 aromatic carbocycles. The minimum absolute atomic E-state index is 0. The average Bonchev–Trinajstić information content (AvgIpc) is 3.13. The number of halogens is 2. The predicted molar refractivity (Wildman–Crippen MR) is 109 cm³/mol. The van der Waals surface area contributed by atoms with Gasteiger partial charge in [0.05, 0.1) is 19.5 Å². The number of piperazine rings is 1. The van der Waals surface area contributed by atoms with Crippen molar-refractivity contribution in [3.63, 3.8) is 0 Å². The van der Waals surface area contributed by atoms with Crippen molar-refractivity contribution in [2.45, 2.75) is 4.90 Å². The molecule has 1 aliphatic heterocycles. The van der Waals surface area contributed by atoms with E-state index in [1.54, 1.807) is 13.2 Å². The van der Waals surface area contributed by atoms with Gasteiger partial charge in [0.25, 0.3) is 0 Å². The molecule has 11 heteroatoms. The van der Waals surface area contributed by atoms with Crippen LogP contribution in [0.2, 0.25) is 0 Å². The molecule has 152 valence electrons. The van der Waals surface area contributed by atoms with E-state index in [0.29, 0.717) is 24.5 Å². The van der Waals surface area contributed by atoms with Crippen molar-refractivity contribution in [3.8, 4) is 11.4 Å². The second kappa shape index (κ2) is 10.8. The highest BCUT2D eigenvalue weighted by molar-refractivity contribution is 7.89. The van der Waals surface area contributed by atoms with Gasteiger partial charge in [-0.05, 0) is 12.1 Å². The number of rotatable bonds is 7. The minimum atomic E-state index is -3.58. The molecule has 0 amide bonds. The summed E-state index contributed by atoms with van der Waals surface area (Å²) in [5, 5.41) is 7.43. The van der Waals surface area contributed by atoms with Crippen molar-refractivity contribution >= 4 is 34.8 Å². The number of para-hydroxylation sites is 2. The second-order valence-corrected chi connectivity index (χ2v) is 7.55. The van der Waals surface area contributed by atoms with E-state index in [1.807, 2.05) is 18.2 Å². The van der Waals surface area contributed by atoms with Gasteiger partial charge in [-0.1, -0.05) is 12.1 Å². The van der Waals surface area contributed by atoms with E-state index in [0.717, 1.165) is 26.2 Å². The van der Waals surface area contributed by atoms with Crippen molar-refractivity contribution in [2.75, 3.05) is 46.4 Å². The van der Waals surface area contributed by atoms with Gasteiger partial charge in [0.1, 0.15) is 16.3 Å². The molecule has 1 fully saturated rings. The van der Waals surface area contributed by atoms with Gasteiger partial charge in [-0.25, -0.2) is 17.8 Å². The van der Waals surface area contributed by atoms with Crippen LogP contribution < -0.4 is 14.8 Å². The Hall–Kier alpha value is -1.36. The number of methoxy groups -OCH3 is 1. The number of aromatic nitrogens is 2. The number of benzene rings is 1. The fourth-order valence-corrected chi connectivity index (χ4v) is 3.70. The topological polar surface area (TPSA) is 88.5 Å². The summed E-state index contributed by atoms with van der Waals surface area (Å²) in [5.74, 6) is 0.626. The lowest BCUT2D eigenvalue weighted by Crippen LogP contribution is -2.46. The van der Waals surface area contributed by atoms with Crippen LogP contribution in [-0.2, 0) is 10.0 Å². The standard InChI is InChI=1S/C16H23N5O3S.2ClH/c1-24-16-5-3-2-4-15(16)21-13-14(12-18-21)25(22,23)19-8-11-20-9-6-17-7-10-20;;/h2-5,12-13,17,19H,6-11H2,1H3;2*1H. The molecule has 1 aliphatic rings. The molecule has 0 radical (unpaired) electrons. The van der Waals surface area contributed by atoms with E-state index in [-0.39, 0.29) is 29.7 Å². The lowest BCUT2D eigenvalue weighted by Gasteiger charge is -2.26. The Labute approximate surface area is 172 Å². The molecule has 0 saturated carbocycles. The van der Waals surface area contributed by atoms with Crippen LogP contribution in [0.15, 0.2) is 41.6 Å². The summed E-state index contributed by atoms with van der Waals surface area (Å²) in [4.78, 5) is 2.37. The van der Waals surface area contributed by atoms with Gasteiger partial charge in [0, 0.05) is 39.3 Å². The van der Waals surface area contributed by atoms with Gasteiger partial charge in [-0.15, -0.1) is 24.8 Å². The maximum absolute atomic E-state index is 12.4. The third-order valence-corrected chi connectivity index (χ3v) is 5.55. The third-order valence-electron chi connectivity index (χ3n) is 4.13. The maximum atomic E-state index is 12.4. The fourth-order valence-electron chi connectivity index (χ4n) is 2.75. The van der Waals surface area contributed by atoms with Gasteiger partial charge < -0.3 is 10.1 Å². The molecule has 0 unspecified atom stereocenters. The highest BCUT2D eigenvalue weighted by atomic mass is 35.5. The number of ether oxygens (including phenoxy) is 1. The van der Waals surface area contributed by atoms with E-state index in [1.165, 1.54) is 17.1 Å². The quantitative estimate of drug-likeness (QED) is 0.668. The molecule has 1 aromatic heterocycles. The van der Waals surface area contributed by atoms with Crippen molar-refractivity contribution in [3.05, 3.63) is 36.7 Å². The zero-order valence-electron chi connectivity index (χ0n) is 15.0. The summed E-state index contributed by atoms with van der Waals surface area (Å²) in [7, 11) is -2.02. The number of nitrogens with one attached hydrogen (secondary N) is 2. The Morgan fingerprint density at radius 3 is 2.63 bits per heavy atom.